The molecule has 4 rings (SSSR count). The van der Waals surface area contributed by atoms with Gasteiger partial charge in [0.2, 0.25) is 23.5 Å². The van der Waals surface area contributed by atoms with Crippen molar-refractivity contribution in [3.8, 4) is 17.2 Å². The summed E-state index contributed by atoms with van der Waals surface area (Å²) in [4.78, 5) is 43.1. The molecule has 0 aromatic heterocycles. The van der Waals surface area contributed by atoms with E-state index < -0.39 is 29.2 Å². The summed E-state index contributed by atoms with van der Waals surface area (Å²) in [5, 5.41) is 0. The second-order valence-electron chi connectivity index (χ2n) is 11.2. The summed E-state index contributed by atoms with van der Waals surface area (Å²) in [6.45, 7) is 0.313. The van der Waals surface area contributed by atoms with Gasteiger partial charge in [-0.2, -0.15) is 0 Å². The van der Waals surface area contributed by atoms with Crippen molar-refractivity contribution in [2.45, 2.75) is 69.2 Å². The third kappa shape index (κ3) is 5.99. The van der Waals surface area contributed by atoms with Crippen molar-refractivity contribution in [1.29, 1.82) is 0 Å². The van der Waals surface area contributed by atoms with Crippen molar-refractivity contribution < 1.29 is 28.6 Å². The van der Waals surface area contributed by atoms with Crippen molar-refractivity contribution in [2.75, 3.05) is 27.9 Å². The number of benzene rings is 2. The average molecular weight is 566 g/mol. The molecule has 2 fully saturated rings. The number of nitrogens with two attached hydrogens (primary N) is 2. The predicted molar refractivity (Wildman–Crippen MR) is 156 cm³/mol. The fourth-order valence-corrected chi connectivity index (χ4v) is 6.98. The summed E-state index contributed by atoms with van der Waals surface area (Å²) in [6.07, 6.45) is 6.72. The zero-order chi connectivity index (χ0) is 29.6. The number of hydrogen-bond donors (Lipinski definition) is 2. The van der Waals surface area contributed by atoms with Gasteiger partial charge >= 0.3 is 0 Å². The predicted octanol–water partition coefficient (Wildman–Crippen LogP) is 3.96. The van der Waals surface area contributed by atoms with Crippen molar-refractivity contribution in [3.63, 3.8) is 0 Å². The van der Waals surface area contributed by atoms with Gasteiger partial charge in [0.05, 0.1) is 33.2 Å². The molecule has 0 radical (unpaired) electrons. The molecule has 41 heavy (non-hydrogen) atoms. The largest absolute Gasteiger partial charge is 0.493 e. The van der Waals surface area contributed by atoms with E-state index in [0.29, 0.717) is 36.6 Å². The van der Waals surface area contributed by atoms with Crippen LogP contribution in [0.5, 0.6) is 17.2 Å². The molecule has 1 aliphatic heterocycles. The molecule has 9 heteroatoms. The Morgan fingerprint density at radius 1 is 0.902 bits per heavy atom. The minimum atomic E-state index is -1.54. The fraction of sp³-hybridized carbons (Fsp3) is 0.531. The molecule has 2 aromatic rings. The lowest BCUT2D eigenvalue weighted by Gasteiger charge is -2.50. The molecule has 1 unspecified atom stereocenters. The molecule has 3 atom stereocenters. The van der Waals surface area contributed by atoms with Gasteiger partial charge in [-0.3, -0.25) is 14.4 Å². The molecule has 1 aliphatic carbocycles. The third-order valence-electron chi connectivity index (χ3n) is 9.00. The van der Waals surface area contributed by atoms with Crippen LogP contribution in [0.4, 0.5) is 0 Å². The average Bonchev–Trinajstić information content (AvgIpc) is 3.00. The summed E-state index contributed by atoms with van der Waals surface area (Å²) < 4.78 is 16.8. The van der Waals surface area contributed by atoms with E-state index in [0.717, 1.165) is 43.2 Å². The molecule has 9 nitrogen and oxygen atoms in total. The Bertz CT molecular complexity index is 1200. The lowest BCUT2D eigenvalue weighted by atomic mass is 9.70. The zero-order valence-corrected chi connectivity index (χ0v) is 24.4. The number of nitrogens with zero attached hydrogens (tertiary/aromatic N) is 1. The van der Waals surface area contributed by atoms with Gasteiger partial charge < -0.3 is 30.6 Å². The van der Waals surface area contributed by atoms with E-state index in [4.69, 9.17) is 25.7 Å². The number of ether oxygens (including phenoxy) is 3. The highest BCUT2D eigenvalue weighted by Gasteiger charge is 2.55. The van der Waals surface area contributed by atoms with E-state index >= 15 is 0 Å². The van der Waals surface area contributed by atoms with Gasteiger partial charge in [-0.1, -0.05) is 49.6 Å². The van der Waals surface area contributed by atoms with Crippen LogP contribution in [0.25, 0.3) is 0 Å². The molecule has 1 saturated heterocycles. The molecule has 1 heterocycles. The summed E-state index contributed by atoms with van der Waals surface area (Å²) in [5.41, 5.74) is 12.2. The molecule has 3 amide bonds. The highest BCUT2D eigenvalue weighted by Crippen LogP contribution is 2.46. The maximum atomic E-state index is 14.9. The lowest BCUT2D eigenvalue weighted by Crippen LogP contribution is -2.68. The number of primary amides is 2. The second kappa shape index (κ2) is 13.3. The summed E-state index contributed by atoms with van der Waals surface area (Å²) in [7, 11) is 4.63. The lowest BCUT2D eigenvalue weighted by molar-refractivity contribution is -0.159. The third-order valence-corrected chi connectivity index (χ3v) is 9.00. The quantitative estimate of drug-likeness (QED) is 0.424. The first-order valence-electron chi connectivity index (χ1n) is 14.5. The summed E-state index contributed by atoms with van der Waals surface area (Å²) in [6, 6.07) is 13.1. The molecule has 2 aromatic carbocycles. The van der Waals surface area contributed by atoms with Crippen LogP contribution in [-0.4, -0.2) is 56.0 Å². The van der Waals surface area contributed by atoms with Gasteiger partial charge in [-0.25, -0.2) is 0 Å². The Labute approximate surface area is 242 Å². The molecule has 0 bridgehead atoms. The maximum absolute atomic E-state index is 14.9. The van der Waals surface area contributed by atoms with Gasteiger partial charge in [0.1, 0.15) is 5.54 Å². The van der Waals surface area contributed by atoms with E-state index in [9.17, 15) is 14.4 Å². The Hall–Kier alpha value is -3.75. The molecular weight excluding hydrogens is 522 g/mol. The fourth-order valence-electron chi connectivity index (χ4n) is 6.98. The minimum Gasteiger partial charge on any atom is -0.493 e. The van der Waals surface area contributed by atoms with E-state index in [1.807, 2.05) is 42.5 Å². The maximum Gasteiger partial charge on any atom is 0.244 e. The van der Waals surface area contributed by atoms with Gasteiger partial charge in [-0.15, -0.1) is 0 Å². The molecule has 222 valence electrons. The van der Waals surface area contributed by atoms with Crippen molar-refractivity contribution in [3.05, 3.63) is 53.6 Å². The number of piperidine rings is 1. The van der Waals surface area contributed by atoms with Crippen LogP contribution < -0.4 is 25.7 Å². The number of carbonyl (C=O) groups excluding carboxylic acids is 3. The topological polar surface area (TPSA) is 134 Å². The SMILES string of the molecule is COc1cc([C@@H](C(=O)N2CCCCC2(C(N)=O)[C@H](Cc2ccccc2)C(N)=O)C2CCCCC2)cc(OC)c1OC. The van der Waals surface area contributed by atoms with Crippen LogP contribution in [0, 0.1) is 11.8 Å². The number of carbonyl (C=O) groups is 3. The summed E-state index contributed by atoms with van der Waals surface area (Å²) in [5.74, 6) is -1.74. The Balaban J connectivity index is 1.85. The van der Waals surface area contributed by atoms with Crippen LogP contribution in [0.3, 0.4) is 0 Å². The first-order chi connectivity index (χ1) is 19.8. The number of amides is 3. The molecule has 1 saturated carbocycles. The van der Waals surface area contributed by atoms with Gasteiger partial charge in [-0.05, 0) is 67.7 Å². The molecular formula is C32H43N3O6. The highest BCUT2D eigenvalue weighted by molar-refractivity contribution is 5.98. The van der Waals surface area contributed by atoms with Crippen molar-refractivity contribution in [1.82, 2.24) is 4.90 Å². The first kappa shape index (κ1) is 30.2. The van der Waals surface area contributed by atoms with E-state index in [-0.39, 0.29) is 24.7 Å². The van der Waals surface area contributed by atoms with E-state index in [1.54, 1.807) is 19.1 Å². The molecule has 2 aliphatic rings. The van der Waals surface area contributed by atoms with Crippen molar-refractivity contribution in [2.24, 2.45) is 23.3 Å². The van der Waals surface area contributed by atoms with E-state index in [1.165, 1.54) is 7.11 Å². The Kier molecular flexibility index (Phi) is 9.78. The first-order valence-corrected chi connectivity index (χ1v) is 14.5. The Morgan fingerprint density at radius 3 is 2.07 bits per heavy atom. The number of likely N-dealkylation sites (tertiary alicyclic amines) is 1. The number of methoxy groups -OCH3 is 3. The van der Waals surface area contributed by atoms with Crippen LogP contribution >= 0.6 is 0 Å². The highest BCUT2D eigenvalue weighted by atomic mass is 16.5. The standard InChI is InChI=1S/C32H43N3O6/c1-39-25-19-23(20-26(40-2)28(25)41-3)27(22-14-8-5-9-15-22)30(37)35-17-11-10-16-32(35,31(34)38)24(29(33)36)18-21-12-6-4-7-13-21/h4,6-7,12-13,19-20,22,24,27H,5,8-11,14-18H2,1-3H3,(H2,33,36)(H2,34,38)/t24-,27+,32?/m1/s1. The minimum absolute atomic E-state index is 0.0349. The van der Waals surface area contributed by atoms with Gasteiger partial charge in [0.25, 0.3) is 0 Å². The van der Waals surface area contributed by atoms with Crippen LogP contribution in [0.15, 0.2) is 42.5 Å². The van der Waals surface area contributed by atoms with Gasteiger partial charge in [0, 0.05) is 6.54 Å². The van der Waals surface area contributed by atoms with Crippen molar-refractivity contribution >= 4 is 17.7 Å². The summed E-state index contributed by atoms with van der Waals surface area (Å²) >= 11 is 0. The normalized spacial score (nSPS) is 21.0. The molecule has 4 N–H and O–H groups in total. The van der Waals surface area contributed by atoms with E-state index in [2.05, 4.69) is 0 Å². The van der Waals surface area contributed by atoms with Crippen LogP contribution in [-0.2, 0) is 20.8 Å². The second-order valence-corrected chi connectivity index (χ2v) is 11.2. The smallest absolute Gasteiger partial charge is 0.244 e. The number of hydrogen-bond acceptors (Lipinski definition) is 6. The van der Waals surface area contributed by atoms with Crippen LogP contribution in [0.1, 0.15) is 68.4 Å². The van der Waals surface area contributed by atoms with Crippen LogP contribution in [0.2, 0.25) is 0 Å². The van der Waals surface area contributed by atoms with Gasteiger partial charge in [0.15, 0.2) is 11.5 Å². The zero-order valence-electron chi connectivity index (χ0n) is 24.4. The Morgan fingerprint density at radius 2 is 1.54 bits per heavy atom. The monoisotopic (exact) mass is 565 g/mol. The number of rotatable bonds is 11. The molecule has 0 spiro atoms.